The van der Waals surface area contributed by atoms with Crippen molar-refractivity contribution in [3.63, 3.8) is 0 Å². The van der Waals surface area contributed by atoms with Crippen LogP contribution in [0.25, 0.3) is 0 Å². The molecule has 0 saturated carbocycles. The summed E-state index contributed by atoms with van der Waals surface area (Å²) in [6, 6.07) is 0.182. The monoisotopic (exact) mass is 489 g/mol. The summed E-state index contributed by atoms with van der Waals surface area (Å²) in [6.07, 6.45) is -4.60. The van der Waals surface area contributed by atoms with E-state index in [-0.39, 0.29) is 42.7 Å². The van der Waals surface area contributed by atoms with E-state index in [4.69, 9.17) is 9.47 Å². The molecule has 0 bridgehead atoms. The Morgan fingerprint density at radius 2 is 1.66 bits per heavy atom. The molecular formula is C15H15F3N5NaO7S. The molecule has 2 aromatic rings. The van der Waals surface area contributed by atoms with Crippen LogP contribution in [-0.2, 0) is 20.9 Å². The van der Waals surface area contributed by atoms with Gasteiger partial charge in [0.15, 0.2) is 5.03 Å². The predicted octanol–water partition coefficient (Wildman–Crippen LogP) is -1.68. The summed E-state index contributed by atoms with van der Waals surface area (Å²) < 4.78 is 80.1. The molecule has 0 aromatic carbocycles. The fourth-order valence-electron chi connectivity index (χ4n) is 2.15. The molecule has 2 amide bonds. The van der Waals surface area contributed by atoms with E-state index >= 15 is 0 Å². The van der Waals surface area contributed by atoms with Crippen LogP contribution in [0.5, 0.6) is 11.8 Å². The molecular weight excluding hydrogens is 474 g/mol. The zero-order valence-electron chi connectivity index (χ0n) is 18.0. The van der Waals surface area contributed by atoms with Crippen molar-refractivity contribution < 1.29 is 76.4 Å². The molecule has 32 heavy (non-hydrogen) atoms. The number of urea groups is 1. The molecule has 2 rings (SSSR count). The van der Waals surface area contributed by atoms with Crippen molar-refractivity contribution in [3.8, 4) is 11.8 Å². The molecule has 0 atom stereocenters. The Kier molecular flexibility index (Phi) is 9.19. The van der Waals surface area contributed by atoms with Gasteiger partial charge in [-0.3, -0.25) is 5.32 Å². The van der Waals surface area contributed by atoms with Crippen LogP contribution >= 0.6 is 0 Å². The second kappa shape index (κ2) is 10.8. The number of hydrogen-bond donors (Lipinski definition) is 2. The number of hydrogen-bond acceptors (Lipinski definition) is 10. The van der Waals surface area contributed by atoms with Gasteiger partial charge >= 0.3 is 47.7 Å². The van der Waals surface area contributed by atoms with Crippen molar-refractivity contribution in [1.82, 2.24) is 19.7 Å². The summed E-state index contributed by atoms with van der Waals surface area (Å²) in [5.41, 5.74) is -3.01. The Balaban J connectivity index is 0.00000512. The molecule has 0 aliphatic rings. The minimum Gasteiger partial charge on any atom is -1.00 e. The second-order valence-corrected chi connectivity index (χ2v) is 6.96. The number of esters is 1. The van der Waals surface area contributed by atoms with Crippen LogP contribution in [0.3, 0.4) is 0 Å². The molecule has 0 unspecified atom stereocenters. The van der Waals surface area contributed by atoms with E-state index in [1.165, 1.54) is 25.0 Å². The van der Waals surface area contributed by atoms with Crippen LogP contribution in [-0.4, -0.2) is 56.7 Å². The van der Waals surface area contributed by atoms with Gasteiger partial charge < -0.3 is 15.6 Å². The number of ether oxygens (including phenoxy) is 3. The number of halogens is 3. The fraction of sp³-hybridized carbons (Fsp3) is 0.267. The van der Waals surface area contributed by atoms with Crippen molar-refractivity contribution in [1.29, 1.82) is 0 Å². The summed E-state index contributed by atoms with van der Waals surface area (Å²) in [6.45, 7) is 0. The Morgan fingerprint density at radius 3 is 2.12 bits per heavy atom. The van der Waals surface area contributed by atoms with Gasteiger partial charge in [-0.2, -0.15) is 31.6 Å². The number of carbonyl (C=O) groups excluding carboxylic acids is 2. The van der Waals surface area contributed by atoms with Gasteiger partial charge in [0.2, 0.25) is 17.7 Å². The van der Waals surface area contributed by atoms with E-state index in [1.54, 1.807) is 0 Å². The minimum absolute atomic E-state index is 0. The first-order valence-electron chi connectivity index (χ1n) is 7.88. The topological polar surface area (TPSA) is 159 Å². The number of rotatable bonds is 6. The zero-order chi connectivity index (χ0) is 23.4. The van der Waals surface area contributed by atoms with Gasteiger partial charge in [-0.25, -0.2) is 19.3 Å². The number of pyridine rings is 1. The van der Waals surface area contributed by atoms with Crippen LogP contribution in [0, 0.1) is 0 Å². The Hall–Kier alpha value is -2.69. The predicted molar refractivity (Wildman–Crippen MR) is 96.2 cm³/mol. The molecule has 12 nitrogen and oxygen atoms in total. The molecule has 17 heteroatoms. The van der Waals surface area contributed by atoms with Gasteiger partial charge in [-0.05, 0) is 6.07 Å². The van der Waals surface area contributed by atoms with Crippen molar-refractivity contribution in [2.24, 2.45) is 0 Å². The largest absolute Gasteiger partial charge is 1.00 e. The Labute approximate surface area is 202 Å². The maximum atomic E-state index is 13.2. The molecule has 0 spiro atoms. The van der Waals surface area contributed by atoms with Crippen molar-refractivity contribution >= 4 is 28.0 Å². The number of amides is 2. The average molecular weight is 489 g/mol. The second-order valence-electron chi connectivity index (χ2n) is 5.36. The van der Waals surface area contributed by atoms with Gasteiger partial charge in [0.05, 0.1) is 33.0 Å². The quantitative estimate of drug-likeness (QED) is 0.355. The van der Waals surface area contributed by atoms with Gasteiger partial charge in [0, 0.05) is 6.20 Å². The molecule has 0 saturated heterocycles. The Bertz CT molecular complexity index is 1100. The Morgan fingerprint density at radius 1 is 1.09 bits per heavy atom. The van der Waals surface area contributed by atoms with Crippen molar-refractivity contribution in [3.05, 3.63) is 29.5 Å². The summed E-state index contributed by atoms with van der Waals surface area (Å²) in [5, 5.41) is 0.580. The smallest absolute Gasteiger partial charge is 1.00 e. The van der Waals surface area contributed by atoms with Gasteiger partial charge in [-0.1, -0.05) is 0 Å². The third-order valence-electron chi connectivity index (χ3n) is 3.42. The van der Waals surface area contributed by atoms with Gasteiger partial charge in [0.25, 0.3) is 10.0 Å². The first-order chi connectivity index (χ1) is 14.4. The molecule has 2 aromatic heterocycles. The zero-order valence-corrected chi connectivity index (χ0v) is 19.8. The average Bonchev–Trinajstić information content (AvgIpc) is 2.70. The third kappa shape index (κ3) is 6.41. The van der Waals surface area contributed by atoms with Crippen LogP contribution in [0.15, 0.2) is 23.4 Å². The number of nitrogens with one attached hydrogen (secondary N) is 2. The first-order valence-corrected chi connectivity index (χ1v) is 9.36. The SMILES string of the molecule is COC(=O)c1c(C(F)(F)F)ccnc1S(=O)(=O)NC(=O)Nc1nc(OC)cc(OC)n1.[H-].[Na+]. The van der Waals surface area contributed by atoms with Crippen molar-refractivity contribution in [2.45, 2.75) is 11.2 Å². The van der Waals surface area contributed by atoms with E-state index < -0.39 is 50.3 Å². The van der Waals surface area contributed by atoms with Crippen LogP contribution in [0.2, 0.25) is 0 Å². The fourth-order valence-corrected chi connectivity index (χ4v) is 3.20. The standard InChI is InChI=1S/C15H14F3N5O7S.Na.H/c1-28-8-6-9(29-2)21-13(20-8)22-14(25)23-31(26,27)11-10(12(24)30-3)7(4-5-19-11)15(16,17)18;;/h4-6H,1-3H3,(H2,20,21,22,23,25);;/q;+1;-1. The molecule has 2 heterocycles. The normalized spacial score (nSPS) is 11.1. The van der Waals surface area contributed by atoms with Gasteiger partial charge in [0.1, 0.15) is 5.56 Å². The maximum absolute atomic E-state index is 13.2. The van der Waals surface area contributed by atoms with Crippen LogP contribution in [0.4, 0.5) is 23.9 Å². The van der Waals surface area contributed by atoms with E-state index in [1.807, 2.05) is 5.32 Å². The minimum atomic E-state index is -5.11. The summed E-state index contributed by atoms with van der Waals surface area (Å²) in [7, 11) is -1.81. The number of methoxy groups -OCH3 is 3. The number of nitrogens with zero attached hydrogens (tertiary/aromatic N) is 3. The molecule has 170 valence electrons. The first kappa shape index (κ1) is 27.3. The van der Waals surface area contributed by atoms with Crippen LogP contribution < -0.4 is 49.1 Å². The molecule has 0 radical (unpaired) electrons. The van der Waals surface area contributed by atoms with Gasteiger partial charge in [-0.15, -0.1) is 0 Å². The summed E-state index contributed by atoms with van der Waals surface area (Å²) in [5.74, 6) is -2.16. The molecule has 2 N–H and O–H groups in total. The number of sulfonamides is 1. The number of anilines is 1. The van der Waals surface area contributed by atoms with Crippen molar-refractivity contribution in [2.75, 3.05) is 26.6 Å². The molecule has 0 aliphatic heterocycles. The number of aromatic nitrogens is 3. The molecule has 0 fully saturated rings. The third-order valence-corrected chi connectivity index (χ3v) is 4.69. The number of alkyl halides is 3. The number of carbonyl (C=O) groups is 2. The molecule has 0 aliphatic carbocycles. The van der Waals surface area contributed by atoms with E-state index in [9.17, 15) is 31.2 Å². The van der Waals surface area contributed by atoms with Crippen LogP contribution in [0.1, 0.15) is 17.3 Å². The maximum Gasteiger partial charge on any atom is 1.00 e. The summed E-state index contributed by atoms with van der Waals surface area (Å²) in [4.78, 5) is 34.7. The van der Waals surface area contributed by atoms with E-state index in [2.05, 4.69) is 19.7 Å². The van der Waals surface area contributed by atoms with E-state index in [0.29, 0.717) is 12.3 Å². The van der Waals surface area contributed by atoms with E-state index in [0.717, 1.165) is 7.11 Å². The summed E-state index contributed by atoms with van der Waals surface area (Å²) >= 11 is 0.